The van der Waals surface area contributed by atoms with Gasteiger partial charge in [-0.2, -0.15) is 5.26 Å². The molecule has 0 aliphatic heterocycles. The van der Waals surface area contributed by atoms with Gasteiger partial charge in [-0.25, -0.2) is 4.98 Å². The maximum atomic E-state index is 12.5. The Morgan fingerprint density at radius 2 is 1.88 bits per heavy atom. The van der Waals surface area contributed by atoms with Crippen LogP contribution in [0.3, 0.4) is 0 Å². The van der Waals surface area contributed by atoms with E-state index in [4.69, 9.17) is 9.47 Å². The van der Waals surface area contributed by atoms with Gasteiger partial charge in [0.2, 0.25) is 5.91 Å². The Hall–Kier alpha value is -4.16. The molecule has 9 heteroatoms. The quantitative estimate of drug-likeness (QED) is 0.368. The van der Waals surface area contributed by atoms with E-state index in [1.807, 2.05) is 48.5 Å². The van der Waals surface area contributed by atoms with E-state index >= 15 is 0 Å². The van der Waals surface area contributed by atoms with Crippen molar-refractivity contribution in [3.63, 3.8) is 0 Å². The summed E-state index contributed by atoms with van der Waals surface area (Å²) >= 11 is 1.25. The first kappa shape index (κ1) is 24.5. The summed E-state index contributed by atoms with van der Waals surface area (Å²) in [6.07, 6.45) is 1.96. The molecule has 0 aliphatic carbocycles. The Morgan fingerprint density at radius 1 is 1.15 bits per heavy atom. The zero-order valence-corrected chi connectivity index (χ0v) is 19.9. The highest BCUT2D eigenvalue weighted by atomic mass is 32.1. The molecule has 0 bridgehead atoms. The van der Waals surface area contributed by atoms with Gasteiger partial charge < -0.3 is 14.8 Å². The van der Waals surface area contributed by atoms with Crippen molar-refractivity contribution in [2.75, 3.05) is 25.7 Å². The van der Waals surface area contributed by atoms with Crippen LogP contribution in [0.5, 0.6) is 11.5 Å². The molecule has 34 heavy (non-hydrogen) atoms. The Bertz CT molecular complexity index is 1230. The van der Waals surface area contributed by atoms with Crippen LogP contribution < -0.4 is 19.7 Å². The van der Waals surface area contributed by atoms with Crippen LogP contribution >= 0.6 is 11.3 Å². The van der Waals surface area contributed by atoms with E-state index in [1.54, 1.807) is 25.7 Å². The van der Waals surface area contributed by atoms with E-state index in [2.05, 4.69) is 10.3 Å². The summed E-state index contributed by atoms with van der Waals surface area (Å²) in [6.45, 7) is 1.79. The molecule has 3 aromatic rings. The van der Waals surface area contributed by atoms with E-state index in [9.17, 15) is 14.9 Å². The number of nitrogens with one attached hydrogen (secondary N) is 1. The molecule has 0 unspecified atom stereocenters. The average Bonchev–Trinajstić information content (AvgIpc) is 3.30. The van der Waals surface area contributed by atoms with Crippen LogP contribution in [-0.2, 0) is 16.0 Å². The zero-order chi connectivity index (χ0) is 24.5. The second-order valence-corrected chi connectivity index (χ2v) is 7.95. The molecule has 0 radical (unpaired) electrons. The highest BCUT2D eigenvalue weighted by Crippen LogP contribution is 2.29. The van der Waals surface area contributed by atoms with E-state index in [-0.39, 0.29) is 11.5 Å². The predicted octanol–water partition coefficient (Wildman–Crippen LogP) is 4.11. The van der Waals surface area contributed by atoms with Gasteiger partial charge in [-0.05, 0) is 42.3 Å². The standard InChI is InChI=1S/C25H24N4O4S/c1-17(30)29(21-7-5-4-6-8-21)25-28-20(16-34-25)14-19(15-26)24(31)27-12-11-18-9-10-22(32-2)23(13-18)33-3/h4-10,13-14,16H,11-12H2,1-3H3,(H,27,31)/b19-14+. The van der Waals surface area contributed by atoms with Crippen molar-refractivity contribution in [1.29, 1.82) is 5.26 Å². The van der Waals surface area contributed by atoms with Gasteiger partial charge in [0.25, 0.3) is 5.91 Å². The maximum absolute atomic E-state index is 12.5. The molecular formula is C25H24N4O4S. The summed E-state index contributed by atoms with van der Waals surface area (Å²) in [6, 6.07) is 16.6. The third-order valence-corrected chi connectivity index (χ3v) is 5.68. The van der Waals surface area contributed by atoms with Crippen LogP contribution in [0.15, 0.2) is 59.5 Å². The number of carbonyl (C=O) groups excluding carboxylic acids is 2. The maximum Gasteiger partial charge on any atom is 0.262 e. The Kier molecular flexibility index (Phi) is 8.37. The van der Waals surface area contributed by atoms with Gasteiger partial charge in [-0.1, -0.05) is 24.3 Å². The number of methoxy groups -OCH3 is 2. The molecule has 0 fully saturated rings. The lowest BCUT2D eigenvalue weighted by molar-refractivity contribution is -0.117. The van der Waals surface area contributed by atoms with Gasteiger partial charge in [0.1, 0.15) is 11.6 Å². The number of rotatable bonds is 9. The van der Waals surface area contributed by atoms with Crippen molar-refractivity contribution in [2.24, 2.45) is 0 Å². The van der Waals surface area contributed by atoms with Crippen LogP contribution in [0.25, 0.3) is 6.08 Å². The highest BCUT2D eigenvalue weighted by molar-refractivity contribution is 7.14. The molecule has 174 valence electrons. The summed E-state index contributed by atoms with van der Waals surface area (Å²) in [5.41, 5.74) is 2.00. The molecule has 0 spiro atoms. The summed E-state index contributed by atoms with van der Waals surface area (Å²) in [7, 11) is 3.13. The number of nitrogens with zero attached hydrogens (tertiary/aromatic N) is 3. The number of carbonyl (C=O) groups is 2. The molecule has 1 aromatic heterocycles. The second-order valence-electron chi connectivity index (χ2n) is 7.11. The molecule has 0 aliphatic rings. The number of aromatic nitrogens is 1. The fraction of sp³-hybridized carbons (Fsp3) is 0.200. The molecule has 0 saturated heterocycles. The van der Waals surface area contributed by atoms with E-state index in [0.717, 1.165) is 5.56 Å². The van der Waals surface area contributed by atoms with E-state index in [1.165, 1.54) is 29.2 Å². The minimum atomic E-state index is -0.496. The van der Waals surface area contributed by atoms with Gasteiger partial charge in [0.15, 0.2) is 16.6 Å². The number of amides is 2. The monoisotopic (exact) mass is 476 g/mol. The van der Waals surface area contributed by atoms with Crippen molar-refractivity contribution in [3.8, 4) is 17.6 Å². The number of benzene rings is 2. The molecule has 0 saturated carbocycles. The number of para-hydroxylation sites is 1. The Balaban J connectivity index is 1.67. The first-order valence-corrected chi connectivity index (χ1v) is 11.3. The van der Waals surface area contributed by atoms with Crippen molar-refractivity contribution >= 4 is 40.0 Å². The number of nitriles is 1. The lowest BCUT2D eigenvalue weighted by Crippen LogP contribution is -2.26. The van der Waals surface area contributed by atoms with Gasteiger partial charge in [-0.15, -0.1) is 11.3 Å². The first-order chi connectivity index (χ1) is 16.5. The van der Waals surface area contributed by atoms with Crippen LogP contribution in [-0.4, -0.2) is 37.6 Å². The van der Waals surface area contributed by atoms with Crippen molar-refractivity contribution in [3.05, 3.63) is 70.7 Å². The summed E-state index contributed by atoms with van der Waals surface area (Å²) in [5.74, 6) is 0.551. The largest absolute Gasteiger partial charge is 0.493 e. The van der Waals surface area contributed by atoms with Gasteiger partial charge in [0.05, 0.1) is 25.6 Å². The van der Waals surface area contributed by atoms with Crippen LogP contribution in [0, 0.1) is 11.3 Å². The van der Waals surface area contributed by atoms with Gasteiger partial charge >= 0.3 is 0 Å². The van der Waals surface area contributed by atoms with Crippen molar-refractivity contribution < 1.29 is 19.1 Å². The van der Waals surface area contributed by atoms with Crippen molar-refractivity contribution in [2.45, 2.75) is 13.3 Å². The molecule has 1 N–H and O–H groups in total. The normalized spacial score (nSPS) is 10.8. The third-order valence-electron chi connectivity index (χ3n) is 4.83. The Morgan fingerprint density at radius 3 is 2.53 bits per heavy atom. The lowest BCUT2D eigenvalue weighted by Gasteiger charge is -2.17. The second kappa shape index (κ2) is 11.6. The van der Waals surface area contributed by atoms with Crippen LogP contribution in [0.1, 0.15) is 18.2 Å². The minimum absolute atomic E-state index is 0.0711. The van der Waals surface area contributed by atoms with Crippen molar-refractivity contribution in [1.82, 2.24) is 10.3 Å². The summed E-state index contributed by atoms with van der Waals surface area (Å²) in [5, 5.41) is 14.4. The van der Waals surface area contributed by atoms with Crippen LogP contribution in [0.4, 0.5) is 10.8 Å². The zero-order valence-electron chi connectivity index (χ0n) is 19.1. The highest BCUT2D eigenvalue weighted by Gasteiger charge is 2.18. The van der Waals surface area contributed by atoms with E-state index in [0.29, 0.717) is 41.0 Å². The average molecular weight is 477 g/mol. The molecular weight excluding hydrogens is 452 g/mol. The number of thiazole rings is 1. The summed E-state index contributed by atoms with van der Waals surface area (Å²) in [4.78, 5) is 30.6. The molecule has 1 heterocycles. The Labute approximate surface area is 202 Å². The number of ether oxygens (including phenoxy) is 2. The number of hydrogen-bond donors (Lipinski definition) is 1. The number of hydrogen-bond acceptors (Lipinski definition) is 7. The first-order valence-electron chi connectivity index (χ1n) is 10.4. The SMILES string of the molecule is COc1ccc(CCNC(=O)/C(C#N)=C/c2csc(N(C(C)=O)c3ccccc3)n2)cc1OC. The fourth-order valence-corrected chi connectivity index (χ4v) is 4.04. The topological polar surface area (TPSA) is 105 Å². The predicted molar refractivity (Wildman–Crippen MR) is 131 cm³/mol. The third kappa shape index (κ3) is 5.99. The molecule has 2 amide bonds. The molecule has 0 atom stereocenters. The fourth-order valence-electron chi connectivity index (χ4n) is 3.20. The lowest BCUT2D eigenvalue weighted by atomic mass is 10.1. The van der Waals surface area contributed by atoms with Crippen LogP contribution in [0.2, 0.25) is 0 Å². The smallest absolute Gasteiger partial charge is 0.262 e. The molecule has 8 nitrogen and oxygen atoms in total. The van der Waals surface area contributed by atoms with Gasteiger partial charge in [-0.3, -0.25) is 14.5 Å². The minimum Gasteiger partial charge on any atom is -0.493 e. The molecule has 3 rings (SSSR count). The van der Waals surface area contributed by atoms with Gasteiger partial charge in [0, 0.05) is 18.8 Å². The number of anilines is 2. The summed E-state index contributed by atoms with van der Waals surface area (Å²) < 4.78 is 10.5. The van der Waals surface area contributed by atoms with E-state index < -0.39 is 5.91 Å². The molecule has 2 aromatic carbocycles.